The van der Waals surface area contributed by atoms with Gasteiger partial charge in [0.1, 0.15) is 12.6 Å². The predicted octanol–water partition coefficient (Wildman–Crippen LogP) is 6.41. The predicted molar refractivity (Wildman–Crippen MR) is 169 cm³/mol. The fourth-order valence-electron chi connectivity index (χ4n) is 5.31. The van der Waals surface area contributed by atoms with Crippen molar-refractivity contribution in [3.63, 3.8) is 0 Å². The molecule has 1 atom stereocenters. The number of sulfonamides is 1. The topological polar surface area (TPSA) is 86.8 Å². The molecule has 0 saturated heterocycles. The first kappa shape index (κ1) is 31.9. The third kappa shape index (κ3) is 8.06. The summed E-state index contributed by atoms with van der Waals surface area (Å²) in [5.41, 5.74) is 2.06. The van der Waals surface area contributed by atoms with Crippen LogP contribution in [-0.4, -0.2) is 50.3 Å². The van der Waals surface area contributed by atoms with Crippen LogP contribution in [0.25, 0.3) is 0 Å². The molecule has 3 aromatic rings. The summed E-state index contributed by atoms with van der Waals surface area (Å²) >= 11 is 12.5. The van der Waals surface area contributed by atoms with E-state index in [9.17, 15) is 18.0 Å². The van der Waals surface area contributed by atoms with Crippen LogP contribution in [0.2, 0.25) is 10.0 Å². The van der Waals surface area contributed by atoms with Crippen LogP contribution in [0.5, 0.6) is 0 Å². The van der Waals surface area contributed by atoms with E-state index in [0.29, 0.717) is 12.8 Å². The van der Waals surface area contributed by atoms with Gasteiger partial charge in [-0.25, -0.2) is 8.42 Å². The number of hydrogen-bond donors (Lipinski definition) is 1. The van der Waals surface area contributed by atoms with Gasteiger partial charge in [-0.05, 0) is 68.5 Å². The van der Waals surface area contributed by atoms with Crippen molar-refractivity contribution in [3.8, 4) is 0 Å². The molecule has 7 nitrogen and oxygen atoms in total. The zero-order valence-electron chi connectivity index (χ0n) is 23.9. The maximum absolute atomic E-state index is 14.2. The Balaban J connectivity index is 1.70. The number of hydrogen-bond acceptors (Lipinski definition) is 4. The molecule has 42 heavy (non-hydrogen) atoms. The lowest BCUT2D eigenvalue weighted by atomic mass is 10.1. The molecule has 224 valence electrons. The van der Waals surface area contributed by atoms with Gasteiger partial charge in [-0.1, -0.05) is 91.0 Å². The number of amides is 2. The Bertz CT molecular complexity index is 1460. The second-order valence-electron chi connectivity index (χ2n) is 10.7. The summed E-state index contributed by atoms with van der Waals surface area (Å²) < 4.78 is 29.0. The highest BCUT2D eigenvalue weighted by atomic mass is 35.5. The Kier molecular flexibility index (Phi) is 10.9. The summed E-state index contributed by atoms with van der Waals surface area (Å²) in [5.74, 6) is -0.712. The Morgan fingerprint density at radius 2 is 1.57 bits per heavy atom. The first-order valence-electron chi connectivity index (χ1n) is 14.3. The first-order valence-corrected chi connectivity index (χ1v) is 16.5. The third-order valence-electron chi connectivity index (χ3n) is 7.59. The Morgan fingerprint density at radius 3 is 2.17 bits per heavy atom. The van der Waals surface area contributed by atoms with Crippen molar-refractivity contribution in [2.45, 2.75) is 69.4 Å². The van der Waals surface area contributed by atoms with Crippen molar-refractivity contribution in [1.82, 2.24) is 10.2 Å². The van der Waals surface area contributed by atoms with Crippen molar-refractivity contribution in [3.05, 3.63) is 94.0 Å². The molecule has 0 bridgehead atoms. The number of nitrogens with one attached hydrogen (secondary N) is 1. The van der Waals surface area contributed by atoms with Crippen LogP contribution in [0.15, 0.2) is 77.7 Å². The van der Waals surface area contributed by atoms with E-state index in [1.165, 1.54) is 35.2 Å². The molecule has 1 unspecified atom stereocenters. The summed E-state index contributed by atoms with van der Waals surface area (Å²) in [4.78, 5) is 29.2. The van der Waals surface area contributed by atoms with E-state index in [0.717, 1.165) is 41.1 Å². The molecule has 1 aliphatic carbocycles. The molecular formula is C32H37Cl2N3O4S. The smallest absolute Gasteiger partial charge is 0.264 e. The normalized spacial score (nSPS) is 14.4. The van der Waals surface area contributed by atoms with Gasteiger partial charge in [0.15, 0.2) is 0 Å². The van der Waals surface area contributed by atoms with Gasteiger partial charge in [-0.15, -0.1) is 0 Å². The van der Waals surface area contributed by atoms with Crippen LogP contribution in [0.3, 0.4) is 0 Å². The molecule has 10 heteroatoms. The van der Waals surface area contributed by atoms with Crippen LogP contribution in [0.1, 0.15) is 50.2 Å². The molecule has 1 saturated carbocycles. The van der Waals surface area contributed by atoms with Crippen molar-refractivity contribution in [2.24, 2.45) is 0 Å². The van der Waals surface area contributed by atoms with Gasteiger partial charge >= 0.3 is 0 Å². The minimum Gasteiger partial charge on any atom is -0.352 e. The number of halogens is 2. The summed E-state index contributed by atoms with van der Waals surface area (Å²) in [5, 5.41) is 3.59. The van der Waals surface area contributed by atoms with E-state index in [1.807, 2.05) is 44.2 Å². The standard InChI is InChI=1S/C32H37Cl2N3O4S/c1-3-30(32(39)35-27-11-7-8-12-27)36(18-17-24-9-5-4-6-10-24)31(38)22-37(28-20-25(33)19-26(34)21-28)42(40,41)29-15-13-23(2)14-16-29/h4-6,9-10,13-16,19-21,27,30H,3,7-8,11-12,17-18,22H2,1-2H3,(H,35,39). The van der Waals surface area contributed by atoms with E-state index in [-0.39, 0.29) is 39.1 Å². The van der Waals surface area contributed by atoms with Gasteiger partial charge in [0.25, 0.3) is 10.0 Å². The van der Waals surface area contributed by atoms with Crippen LogP contribution < -0.4 is 9.62 Å². The molecule has 1 aliphatic rings. The molecule has 3 aromatic carbocycles. The van der Waals surface area contributed by atoms with Gasteiger partial charge in [0.2, 0.25) is 11.8 Å². The van der Waals surface area contributed by atoms with E-state index in [1.54, 1.807) is 12.1 Å². The highest BCUT2D eigenvalue weighted by Gasteiger charge is 2.34. The summed E-state index contributed by atoms with van der Waals surface area (Å²) in [6.45, 7) is 3.43. The fourth-order valence-corrected chi connectivity index (χ4v) is 7.23. The van der Waals surface area contributed by atoms with Crippen LogP contribution in [-0.2, 0) is 26.0 Å². The van der Waals surface area contributed by atoms with Gasteiger partial charge in [-0.2, -0.15) is 0 Å². The summed E-state index contributed by atoms with van der Waals surface area (Å²) in [6.07, 6.45) is 4.84. The number of benzene rings is 3. The highest BCUT2D eigenvalue weighted by molar-refractivity contribution is 7.92. The summed E-state index contributed by atoms with van der Waals surface area (Å²) in [6, 6.07) is 19.8. The minimum atomic E-state index is -4.20. The van der Waals surface area contributed by atoms with Gasteiger partial charge in [0.05, 0.1) is 10.6 Å². The van der Waals surface area contributed by atoms with Crippen molar-refractivity contribution < 1.29 is 18.0 Å². The van der Waals surface area contributed by atoms with Crippen molar-refractivity contribution >= 4 is 50.7 Å². The van der Waals surface area contributed by atoms with Gasteiger partial charge in [0, 0.05) is 22.6 Å². The number of carbonyl (C=O) groups excluding carboxylic acids is 2. The molecule has 1 fully saturated rings. The van der Waals surface area contributed by atoms with E-state index in [4.69, 9.17) is 23.2 Å². The number of anilines is 1. The van der Waals surface area contributed by atoms with Crippen molar-refractivity contribution in [1.29, 1.82) is 0 Å². The maximum atomic E-state index is 14.2. The molecule has 0 radical (unpaired) electrons. The Morgan fingerprint density at radius 1 is 0.952 bits per heavy atom. The number of rotatable bonds is 12. The third-order valence-corrected chi connectivity index (χ3v) is 9.82. The molecule has 1 N–H and O–H groups in total. The molecular weight excluding hydrogens is 593 g/mol. The van der Waals surface area contributed by atoms with E-state index >= 15 is 0 Å². The average Bonchev–Trinajstić information content (AvgIpc) is 3.47. The van der Waals surface area contributed by atoms with E-state index < -0.39 is 28.5 Å². The second kappa shape index (κ2) is 14.4. The lowest BCUT2D eigenvalue weighted by Crippen LogP contribution is -2.54. The maximum Gasteiger partial charge on any atom is 0.264 e. The number of nitrogens with zero attached hydrogens (tertiary/aromatic N) is 2. The molecule has 2 amide bonds. The fraction of sp³-hybridized carbons (Fsp3) is 0.375. The molecule has 0 spiro atoms. The lowest BCUT2D eigenvalue weighted by molar-refractivity contribution is -0.139. The monoisotopic (exact) mass is 629 g/mol. The minimum absolute atomic E-state index is 0.0267. The molecule has 0 heterocycles. The zero-order valence-corrected chi connectivity index (χ0v) is 26.3. The Hall–Kier alpha value is -3.07. The molecule has 0 aromatic heterocycles. The zero-order chi connectivity index (χ0) is 30.3. The lowest BCUT2D eigenvalue weighted by Gasteiger charge is -2.34. The number of carbonyl (C=O) groups is 2. The van der Waals surface area contributed by atoms with Gasteiger partial charge in [-0.3, -0.25) is 13.9 Å². The van der Waals surface area contributed by atoms with Crippen LogP contribution in [0, 0.1) is 6.92 Å². The number of aryl methyl sites for hydroxylation is 1. The molecule has 0 aliphatic heterocycles. The van der Waals surface area contributed by atoms with Crippen LogP contribution in [0.4, 0.5) is 5.69 Å². The van der Waals surface area contributed by atoms with Crippen LogP contribution >= 0.6 is 23.2 Å². The second-order valence-corrected chi connectivity index (χ2v) is 13.4. The van der Waals surface area contributed by atoms with Gasteiger partial charge < -0.3 is 10.2 Å². The quantitative estimate of drug-likeness (QED) is 0.251. The van der Waals surface area contributed by atoms with Crippen molar-refractivity contribution in [2.75, 3.05) is 17.4 Å². The molecule has 4 rings (SSSR count). The summed E-state index contributed by atoms with van der Waals surface area (Å²) in [7, 11) is -4.20. The van der Waals surface area contributed by atoms with E-state index in [2.05, 4.69) is 5.32 Å². The highest BCUT2D eigenvalue weighted by Crippen LogP contribution is 2.30. The Labute approximate surface area is 258 Å². The first-order chi connectivity index (χ1) is 20.1. The average molecular weight is 631 g/mol. The largest absolute Gasteiger partial charge is 0.352 e. The SMILES string of the molecule is CCC(C(=O)NC1CCCC1)N(CCc1ccccc1)C(=O)CN(c1cc(Cl)cc(Cl)c1)S(=O)(=O)c1ccc(C)cc1.